The van der Waals surface area contributed by atoms with Crippen molar-refractivity contribution in [2.45, 2.75) is 63.6 Å². The number of fused-ring (bicyclic) bond motifs is 1. The topological polar surface area (TPSA) is 79.3 Å². The van der Waals surface area contributed by atoms with E-state index in [1.54, 1.807) is 4.68 Å². The maximum atomic E-state index is 12.9. The van der Waals surface area contributed by atoms with Crippen molar-refractivity contribution in [3.63, 3.8) is 0 Å². The summed E-state index contributed by atoms with van der Waals surface area (Å²) in [5, 5.41) is 10.5. The minimum Gasteiger partial charge on any atom is -0.352 e. The van der Waals surface area contributed by atoms with E-state index < -0.39 is 0 Å². The molecule has 0 bridgehead atoms. The highest BCUT2D eigenvalue weighted by atomic mass is 16.2. The third-order valence-corrected chi connectivity index (χ3v) is 6.41. The Morgan fingerprint density at radius 2 is 2.07 bits per heavy atom. The normalized spacial score (nSPS) is 24.6. The van der Waals surface area contributed by atoms with E-state index in [1.165, 1.54) is 5.56 Å². The molecule has 0 spiro atoms. The number of nitrogens with one attached hydrogen (secondary N) is 2. The Hall–Kier alpha value is -2.67. The minimum absolute atomic E-state index is 0.0554. The van der Waals surface area contributed by atoms with Gasteiger partial charge in [0.15, 0.2) is 5.82 Å². The van der Waals surface area contributed by atoms with Crippen molar-refractivity contribution in [3.8, 4) is 0 Å². The highest BCUT2D eigenvalue weighted by Gasteiger charge is 2.42. The van der Waals surface area contributed by atoms with Crippen LogP contribution in [0.5, 0.6) is 0 Å². The Balaban J connectivity index is 1.51. The molecule has 7 heteroatoms. The van der Waals surface area contributed by atoms with E-state index in [2.05, 4.69) is 44.9 Å². The Labute approximate surface area is 177 Å². The molecule has 3 atom stereocenters. The molecule has 160 valence electrons. The van der Waals surface area contributed by atoms with Gasteiger partial charge in [-0.3, -0.25) is 19.2 Å². The second-order valence-electron chi connectivity index (χ2n) is 8.58. The van der Waals surface area contributed by atoms with E-state index in [9.17, 15) is 9.59 Å². The molecule has 30 heavy (non-hydrogen) atoms. The number of nitrogens with zero attached hydrogens (tertiary/aromatic N) is 3. The molecule has 2 aromatic rings. The third-order valence-electron chi connectivity index (χ3n) is 6.41. The Morgan fingerprint density at radius 3 is 2.80 bits per heavy atom. The van der Waals surface area contributed by atoms with Gasteiger partial charge in [-0.15, -0.1) is 0 Å². The van der Waals surface area contributed by atoms with Gasteiger partial charge in [0.25, 0.3) is 0 Å². The van der Waals surface area contributed by atoms with Crippen LogP contribution < -0.4 is 10.6 Å². The molecule has 7 nitrogen and oxygen atoms in total. The van der Waals surface area contributed by atoms with Crippen LogP contribution in [0.1, 0.15) is 43.4 Å². The minimum atomic E-state index is -0.0554. The molecule has 2 amide bonds. The van der Waals surface area contributed by atoms with Gasteiger partial charge >= 0.3 is 0 Å². The summed E-state index contributed by atoms with van der Waals surface area (Å²) in [4.78, 5) is 27.4. The van der Waals surface area contributed by atoms with Crippen molar-refractivity contribution < 1.29 is 9.59 Å². The lowest BCUT2D eigenvalue weighted by atomic mass is 9.97. The largest absolute Gasteiger partial charge is 0.352 e. The van der Waals surface area contributed by atoms with Gasteiger partial charge in [0, 0.05) is 43.4 Å². The van der Waals surface area contributed by atoms with E-state index in [1.807, 2.05) is 26.1 Å². The van der Waals surface area contributed by atoms with Crippen LogP contribution in [-0.4, -0.2) is 51.2 Å². The van der Waals surface area contributed by atoms with Gasteiger partial charge in [0.1, 0.15) is 0 Å². The maximum Gasteiger partial charge on any atom is 0.239 e. The Kier molecular flexibility index (Phi) is 6.18. The molecule has 2 fully saturated rings. The predicted molar refractivity (Wildman–Crippen MR) is 116 cm³/mol. The third kappa shape index (κ3) is 4.73. The molecule has 4 rings (SSSR count). The summed E-state index contributed by atoms with van der Waals surface area (Å²) in [6.45, 7) is 2.27. The fourth-order valence-corrected chi connectivity index (χ4v) is 4.83. The van der Waals surface area contributed by atoms with E-state index in [0.29, 0.717) is 18.8 Å². The first kappa shape index (κ1) is 20.6. The summed E-state index contributed by atoms with van der Waals surface area (Å²) in [6.07, 6.45) is 5.29. The van der Waals surface area contributed by atoms with Crippen molar-refractivity contribution in [2.75, 3.05) is 11.9 Å². The maximum absolute atomic E-state index is 12.9. The van der Waals surface area contributed by atoms with Crippen molar-refractivity contribution in [1.82, 2.24) is 20.0 Å². The lowest BCUT2D eigenvalue weighted by Gasteiger charge is -2.32. The molecule has 0 unspecified atom stereocenters. The summed E-state index contributed by atoms with van der Waals surface area (Å²) < 4.78 is 1.75. The lowest BCUT2D eigenvalue weighted by molar-refractivity contribution is -0.122. The van der Waals surface area contributed by atoms with E-state index >= 15 is 0 Å². The fraction of sp³-hybridized carbons (Fsp3) is 0.522. The number of aryl methyl sites for hydroxylation is 2. The van der Waals surface area contributed by atoms with Crippen LogP contribution in [0.3, 0.4) is 0 Å². The monoisotopic (exact) mass is 409 g/mol. The van der Waals surface area contributed by atoms with Crippen molar-refractivity contribution in [2.24, 2.45) is 7.05 Å². The quantitative estimate of drug-likeness (QED) is 0.795. The van der Waals surface area contributed by atoms with Gasteiger partial charge in [0.2, 0.25) is 11.8 Å². The average molecular weight is 410 g/mol. The molecular formula is C23H31N5O2. The van der Waals surface area contributed by atoms with Gasteiger partial charge in [-0.1, -0.05) is 36.8 Å². The van der Waals surface area contributed by atoms with E-state index in [4.69, 9.17) is 0 Å². The molecule has 0 saturated carbocycles. The summed E-state index contributed by atoms with van der Waals surface area (Å²) >= 11 is 0. The van der Waals surface area contributed by atoms with Crippen molar-refractivity contribution >= 4 is 17.6 Å². The summed E-state index contributed by atoms with van der Waals surface area (Å²) in [6, 6.07) is 12.8. The molecule has 2 aliphatic heterocycles. The number of rotatable bonds is 5. The highest BCUT2D eigenvalue weighted by Crippen LogP contribution is 2.31. The summed E-state index contributed by atoms with van der Waals surface area (Å²) in [7, 11) is 1.86. The summed E-state index contributed by atoms with van der Waals surface area (Å²) in [5.74, 6) is 0.667. The Bertz CT molecular complexity index is 875. The number of benzene rings is 1. The second kappa shape index (κ2) is 9.00. The first-order valence-electron chi connectivity index (χ1n) is 10.9. The lowest BCUT2D eigenvalue weighted by Crippen LogP contribution is -2.48. The first-order chi connectivity index (χ1) is 14.5. The van der Waals surface area contributed by atoms with Crippen LogP contribution in [0.4, 0.5) is 5.82 Å². The standard InChI is InChI=1S/C23H31N5O2/c1-16-12-21(26-27(16)2)25-23(30)15-28-18(13-17-8-4-3-5-9-17)14-19-20(28)10-6-7-11-22(29)24-19/h3-5,8-9,12,18-20H,6-7,10-11,13-15H2,1-2H3,(H,24,29)(H,25,26,30)/t18-,19-,20+/m1/s1. The molecule has 1 aromatic carbocycles. The Morgan fingerprint density at radius 1 is 1.27 bits per heavy atom. The van der Waals surface area contributed by atoms with E-state index in [-0.39, 0.29) is 29.9 Å². The molecule has 0 aliphatic carbocycles. The van der Waals surface area contributed by atoms with Crippen LogP contribution in [0.2, 0.25) is 0 Å². The zero-order valence-electron chi connectivity index (χ0n) is 17.8. The molecule has 1 aromatic heterocycles. The molecule has 3 heterocycles. The first-order valence-corrected chi connectivity index (χ1v) is 10.9. The second-order valence-corrected chi connectivity index (χ2v) is 8.58. The van der Waals surface area contributed by atoms with Crippen molar-refractivity contribution in [3.05, 3.63) is 47.7 Å². The number of carbonyl (C=O) groups excluding carboxylic acids is 2. The molecular weight excluding hydrogens is 378 g/mol. The summed E-state index contributed by atoms with van der Waals surface area (Å²) in [5.41, 5.74) is 2.25. The number of hydrogen-bond donors (Lipinski definition) is 2. The molecule has 2 aliphatic rings. The molecule has 2 N–H and O–H groups in total. The molecule has 2 saturated heterocycles. The zero-order valence-corrected chi connectivity index (χ0v) is 17.8. The number of aromatic nitrogens is 2. The van der Waals surface area contributed by atoms with E-state index in [0.717, 1.165) is 37.8 Å². The van der Waals surface area contributed by atoms with Gasteiger partial charge in [-0.05, 0) is 38.2 Å². The van der Waals surface area contributed by atoms with Crippen LogP contribution >= 0.6 is 0 Å². The number of hydrogen-bond acceptors (Lipinski definition) is 4. The van der Waals surface area contributed by atoms with Crippen LogP contribution in [0.25, 0.3) is 0 Å². The predicted octanol–water partition coefficient (Wildman–Crippen LogP) is 2.41. The van der Waals surface area contributed by atoms with Gasteiger partial charge in [-0.2, -0.15) is 5.10 Å². The van der Waals surface area contributed by atoms with Gasteiger partial charge in [-0.25, -0.2) is 0 Å². The fourth-order valence-electron chi connectivity index (χ4n) is 4.83. The van der Waals surface area contributed by atoms with Crippen LogP contribution in [0.15, 0.2) is 36.4 Å². The number of carbonyl (C=O) groups is 2. The van der Waals surface area contributed by atoms with Crippen LogP contribution in [-0.2, 0) is 23.1 Å². The van der Waals surface area contributed by atoms with Crippen LogP contribution in [0, 0.1) is 6.92 Å². The average Bonchev–Trinajstić information content (AvgIpc) is 3.16. The highest BCUT2D eigenvalue weighted by molar-refractivity contribution is 5.91. The van der Waals surface area contributed by atoms with Crippen molar-refractivity contribution in [1.29, 1.82) is 0 Å². The number of likely N-dealkylation sites (tertiary alicyclic amines) is 1. The van der Waals surface area contributed by atoms with Gasteiger partial charge in [0.05, 0.1) is 6.54 Å². The SMILES string of the molecule is Cc1cc(NC(=O)CN2[C@H](Cc3ccccc3)C[C@H]3NC(=O)CCCC[C@@H]32)nn1C. The zero-order chi connectivity index (χ0) is 21.1. The molecule has 0 radical (unpaired) electrons. The number of amides is 2. The number of anilines is 1. The van der Waals surface area contributed by atoms with Gasteiger partial charge < -0.3 is 10.6 Å². The smallest absolute Gasteiger partial charge is 0.239 e.